The summed E-state index contributed by atoms with van der Waals surface area (Å²) in [4.78, 5) is 16.8. The smallest absolute Gasteiger partial charge is 0.382 e. The maximum atomic E-state index is 12.4. The van der Waals surface area contributed by atoms with E-state index in [2.05, 4.69) is 10.3 Å². The Labute approximate surface area is 118 Å². The number of nitrogens with one attached hydrogen (secondary N) is 1. The lowest BCUT2D eigenvalue weighted by Crippen LogP contribution is -2.38. The predicted molar refractivity (Wildman–Crippen MR) is 70.8 cm³/mol. The lowest BCUT2D eigenvalue weighted by atomic mass is 10.4. The summed E-state index contributed by atoms with van der Waals surface area (Å²) in [6.45, 7) is 0.163. The zero-order valence-corrected chi connectivity index (χ0v) is 11.6. The summed E-state index contributed by atoms with van der Waals surface area (Å²) >= 11 is 1.000. The maximum Gasteiger partial charge on any atom is 0.406 e. The van der Waals surface area contributed by atoms with E-state index >= 15 is 0 Å². The van der Waals surface area contributed by atoms with Gasteiger partial charge in [-0.05, 0) is 19.8 Å². The molecule has 0 spiro atoms. The number of rotatable bonds is 5. The molecule has 5 nitrogen and oxygen atoms in total. The quantitative estimate of drug-likeness (QED) is 0.876. The van der Waals surface area contributed by atoms with Crippen molar-refractivity contribution in [2.45, 2.75) is 32.0 Å². The van der Waals surface area contributed by atoms with E-state index in [4.69, 9.17) is 5.73 Å². The molecule has 0 atom stereocenters. The minimum absolute atomic E-state index is 0.0243. The van der Waals surface area contributed by atoms with Crippen LogP contribution >= 0.6 is 11.3 Å². The summed E-state index contributed by atoms with van der Waals surface area (Å²) < 4.78 is 37.2. The fourth-order valence-corrected chi connectivity index (χ4v) is 2.57. The molecule has 2 rings (SSSR count). The molecule has 9 heteroatoms. The van der Waals surface area contributed by atoms with Gasteiger partial charge in [-0.3, -0.25) is 4.79 Å². The Morgan fingerprint density at radius 1 is 1.55 bits per heavy atom. The highest BCUT2D eigenvalue weighted by Crippen LogP contribution is 2.31. The highest BCUT2D eigenvalue weighted by Gasteiger charge is 2.34. The molecule has 20 heavy (non-hydrogen) atoms. The zero-order chi connectivity index (χ0) is 14.9. The van der Waals surface area contributed by atoms with Gasteiger partial charge in [-0.25, -0.2) is 4.98 Å². The number of halogens is 3. The molecule has 3 N–H and O–H groups in total. The fourth-order valence-electron chi connectivity index (χ4n) is 1.64. The number of carbonyl (C=O) groups is 1. The van der Waals surface area contributed by atoms with Gasteiger partial charge in [0, 0.05) is 12.6 Å². The van der Waals surface area contributed by atoms with Gasteiger partial charge in [0.05, 0.1) is 0 Å². The summed E-state index contributed by atoms with van der Waals surface area (Å²) in [7, 11) is 0. The number of aromatic nitrogens is 1. The zero-order valence-electron chi connectivity index (χ0n) is 10.8. The minimum atomic E-state index is -4.43. The van der Waals surface area contributed by atoms with Gasteiger partial charge < -0.3 is 16.0 Å². The van der Waals surface area contributed by atoms with Gasteiger partial charge in [-0.15, -0.1) is 0 Å². The average Bonchev–Trinajstić information content (AvgIpc) is 3.07. The van der Waals surface area contributed by atoms with Crippen LogP contribution in [0.5, 0.6) is 0 Å². The first-order chi connectivity index (χ1) is 9.30. The van der Waals surface area contributed by atoms with Crippen LogP contribution in [-0.4, -0.2) is 41.1 Å². The van der Waals surface area contributed by atoms with E-state index in [0.717, 1.165) is 24.2 Å². The lowest BCUT2D eigenvalue weighted by Gasteiger charge is -2.21. The molecule has 1 aromatic rings. The Morgan fingerprint density at radius 2 is 2.20 bits per heavy atom. The normalized spacial score (nSPS) is 15.2. The van der Waals surface area contributed by atoms with Crippen LogP contribution in [0, 0.1) is 0 Å². The van der Waals surface area contributed by atoms with Crippen molar-refractivity contribution in [2.24, 2.45) is 0 Å². The van der Waals surface area contributed by atoms with E-state index < -0.39 is 18.6 Å². The lowest BCUT2D eigenvalue weighted by molar-refractivity contribution is -0.140. The third kappa shape index (κ3) is 3.75. The molecule has 0 bridgehead atoms. The number of thiazole rings is 1. The van der Waals surface area contributed by atoms with Gasteiger partial charge in [0.25, 0.3) is 5.91 Å². The molecule has 1 fully saturated rings. The first-order valence-electron chi connectivity index (χ1n) is 6.19. The number of carbonyl (C=O) groups excluding carboxylic acids is 1. The van der Waals surface area contributed by atoms with Gasteiger partial charge >= 0.3 is 6.18 Å². The Bertz CT molecular complexity index is 498. The Morgan fingerprint density at radius 3 is 2.70 bits per heavy atom. The van der Waals surface area contributed by atoms with Gasteiger partial charge in [0.1, 0.15) is 17.2 Å². The summed E-state index contributed by atoms with van der Waals surface area (Å²) in [6.07, 6.45) is -2.38. The summed E-state index contributed by atoms with van der Waals surface area (Å²) in [5, 5.41) is 3.55. The van der Waals surface area contributed by atoms with Crippen LogP contribution in [0.25, 0.3) is 0 Å². The number of nitrogen functional groups attached to an aromatic ring is 1. The van der Waals surface area contributed by atoms with Crippen LogP contribution in [0.3, 0.4) is 0 Å². The highest BCUT2D eigenvalue weighted by molar-refractivity contribution is 7.18. The van der Waals surface area contributed by atoms with Crippen molar-refractivity contribution in [3.8, 4) is 0 Å². The van der Waals surface area contributed by atoms with Crippen molar-refractivity contribution >= 4 is 28.2 Å². The minimum Gasteiger partial charge on any atom is -0.382 e. The number of alkyl halides is 3. The molecule has 0 aromatic carbocycles. The van der Waals surface area contributed by atoms with Crippen molar-refractivity contribution in [3.63, 3.8) is 0 Å². The molecule has 1 heterocycles. The molecule has 1 aliphatic rings. The maximum absolute atomic E-state index is 12.4. The van der Waals surface area contributed by atoms with E-state index in [1.54, 1.807) is 0 Å². The van der Waals surface area contributed by atoms with E-state index in [-0.39, 0.29) is 17.2 Å². The second-order valence-corrected chi connectivity index (χ2v) is 5.59. The van der Waals surface area contributed by atoms with Crippen molar-refractivity contribution in [3.05, 3.63) is 4.88 Å². The second kappa shape index (κ2) is 5.47. The number of anilines is 2. The van der Waals surface area contributed by atoms with Gasteiger partial charge in [0.15, 0.2) is 5.13 Å². The van der Waals surface area contributed by atoms with Crippen molar-refractivity contribution in [2.75, 3.05) is 24.1 Å². The molecule has 0 radical (unpaired) electrons. The highest BCUT2D eigenvalue weighted by atomic mass is 32.1. The first-order valence-corrected chi connectivity index (χ1v) is 7.00. The van der Waals surface area contributed by atoms with Gasteiger partial charge in [0.2, 0.25) is 0 Å². The predicted octanol–water partition coefficient (Wildman–Crippen LogP) is 2.32. The van der Waals surface area contributed by atoms with E-state index in [1.165, 1.54) is 6.92 Å². The van der Waals surface area contributed by atoms with E-state index in [9.17, 15) is 18.0 Å². The standard InChI is InChI=1S/C11H15F3N4OS/c1-2-18(5-11(12,13)14)9(19)7-8(15)17-10(20-7)16-6-3-4-6/h6H,2-5,15H2,1H3,(H,16,17). The molecule has 1 amide bonds. The van der Waals surface area contributed by atoms with Crippen LogP contribution in [0.4, 0.5) is 24.1 Å². The number of amides is 1. The van der Waals surface area contributed by atoms with Gasteiger partial charge in [-0.1, -0.05) is 11.3 Å². The SMILES string of the molecule is CCN(CC(F)(F)F)C(=O)c1sc(NC2CC2)nc1N. The van der Waals surface area contributed by atoms with Crippen LogP contribution < -0.4 is 11.1 Å². The molecule has 1 aliphatic carbocycles. The molecular formula is C11H15F3N4OS. The van der Waals surface area contributed by atoms with Crippen molar-refractivity contribution < 1.29 is 18.0 Å². The largest absolute Gasteiger partial charge is 0.406 e. The average molecular weight is 308 g/mol. The third-order valence-electron chi connectivity index (χ3n) is 2.79. The number of hydrogen-bond acceptors (Lipinski definition) is 5. The number of hydrogen-bond donors (Lipinski definition) is 2. The van der Waals surface area contributed by atoms with Crippen molar-refractivity contribution in [1.29, 1.82) is 0 Å². The van der Waals surface area contributed by atoms with E-state index in [0.29, 0.717) is 16.1 Å². The number of nitrogens with two attached hydrogens (primary N) is 1. The van der Waals surface area contributed by atoms with Crippen LogP contribution in [0.1, 0.15) is 29.4 Å². The van der Waals surface area contributed by atoms with Gasteiger partial charge in [-0.2, -0.15) is 13.2 Å². The first kappa shape index (κ1) is 14.9. The second-order valence-electron chi connectivity index (χ2n) is 4.59. The topological polar surface area (TPSA) is 71.2 Å². The van der Waals surface area contributed by atoms with Crippen molar-refractivity contribution in [1.82, 2.24) is 9.88 Å². The summed E-state index contributed by atoms with van der Waals surface area (Å²) in [5.41, 5.74) is 5.63. The van der Waals surface area contributed by atoms with Crippen LogP contribution in [-0.2, 0) is 0 Å². The Hall–Kier alpha value is -1.51. The molecule has 0 saturated heterocycles. The van der Waals surface area contributed by atoms with Crippen LogP contribution in [0.2, 0.25) is 0 Å². The molecule has 112 valence electrons. The van der Waals surface area contributed by atoms with E-state index in [1.807, 2.05) is 0 Å². The molecule has 0 aliphatic heterocycles. The Balaban J connectivity index is 2.11. The Kier molecular flexibility index (Phi) is 4.07. The molecule has 1 saturated carbocycles. The monoisotopic (exact) mass is 308 g/mol. The summed E-state index contributed by atoms with van der Waals surface area (Å²) in [6, 6.07) is 0.334. The number of nitrogens with zero attached hydrogens (tertiary/aromatic N) is 2. The summed E-state index contributed by atoms with van der Waals surface area (Å²) in [5.74, 6) is -0.757. The molecule has 0 unspecified atom stereocenters. The third-order valence-corrected chi connectivity index (χ3v) is 3.78. The molecular weight excluding hydrogens is 293 g/mol. The van der Waals surface area contributed by atoms with Crippen LogP contribution in [0.15, 0.2) is 0 Å². The fraction of sp³-hybridized carbons (Fsp3) is 0.636. The molecule has 1 aromatic heterocycles.